The first-order chi connectivity index (χ1) is 15.0. The number of nitrogens with zero attached hydrogens (tertiary/aromatic N) is 3. The van der Waals surface area contributed by atoms with Crippen LogP contribution in [0.1, 0.15) is 30.9 Å². The van der Waals surface area contributed by atoms with Crippen molar-refractivity contribution in [3.05, 3.63) is 47.8 Å². The van der Waals surface area contributed by atoms with Gasteiger partial charge in [0, 0.05) is 49.2 Å². The lowest BCUT2D eigenvalue weighted by atomic mass is 9.99. The van der Waals surface area contributed by atoms with Gasteiger partial charge in [-0.05, 0) is 37.4 Å². The third-order valence-electron chi connectivity index (χ3n) is 5.50. The minimum absolute atomic E-state index is 0.225. The summed E-state index contributed by atoms with van der Waals surface area (Å²) in [5.41, 5.74) is 10.7. The van der Waals surface area contributed by atoms with E-state index < -0.39 is 13.0 Å². The van der Waals surface area contributed by atoms with Gasteiger partial charge in [0.25, 0.3) is 6.43 Å². The third-order valence-corrected chi connectivity index (χ3v) is 5.50. The molecule has 1 aromatic heterocycles. The number of piperidine rings is 1. The van der Waals surface area contributed by atoms with Crippen LogP contribution < -0.4 is 21.3 Å². The van der Waals surface area contributed by atoms with E-state index >= 15 is 0 Å². The molecular formula is C23H32F2N6. The SMILES string of the molecule is CCc1ccc(-c2nc(N3CCC(N)CC3)ncc2/C(=C/NCC(F)F)CNC)cc1. The Morgan fingerprint density at radius 2 is 1.97 bits per heavy atom. The summed E-state index contributed by atoms with van der Waals surface area (Å²) >= 11 is 0. The Kier molecular flexibility index (Phi) is 8.31. The van der Waals surface area contributed by atoms with Gasteiger partial charge in [0.2, 0.25) is 5.95 Å². The van der Waals surface area contributed by atoms with Crippen LogP contribution in [0.25, 0.3) is 16.8 Å². The van der Waals surface area contributed by atoms with Crippen LogP contribution in [0.3, 0.4) is 0 Å². The zero-order valence-corrected chi connectivity index (χ0v) is 18.2. The van der Waals surface area contributed by atoms with Crippen molar-refractivity contribution in [3.63, 3.8) is 0 Å². The molecule has 0 aliphatic carbocycles. The molecule has 6 nitrogen and oxygen atoms in total. The number of alkyl halides is 2. The third kappa shape index (κ3) is 6.21. The first-order valence-corrected chi connectivity index (χ1v) is 10.8. The van der Waals surface area contributed by atoms with Gasteiger partial charge in [-0.2, -0.15) is 0 Å². The number of likely N-dealkylation sites (N-methyl/N-ethyl adjacent to an activating group) is 1. The van der Waals surface area contributed by atoms with Crippen molar-refractivity contribution in [2.75, 3.05) is 38.1 Å². The molecule has 2 aromatic rings. The van der Waals surface area contributed by atoms with Crippen molar-refractivity contribution < 1.29 is 8.78 Å². The molecule has 0 bridgehead atoms. The number of aromatic nitrogens is 2. The Bertz CT molecular complexity index is 861. The quantitative estimate of drug-likeness (QED) is 0.568. The van der Waals surface area contributed by atoms with E-state index in [9.17, 15) is 8.78 Å². The molecule has 4 N–H and O–H groups in total. The molecule has 2 heterocycles. The molecule has 0 spiro atoms. The number of nitrogens with two attached hydrogens (primary N) is 1. The fraction of sp³-hybridized carbons (Fsp3) is 0.478. The van der Waals surface area contributed by atoms with Gasteiger partial charge in [0.1, 0.15) is 0 Å². The normalized spacial score (nSPS) is 15.5. The predicted molar refractivity (Wildman–Crippen MR) is 122 cm³/mol. The summed E-state index contributed by atoms with van der Waals surface area (Å²) in [4.78, 5) is 11.7. The highest BCUT2D eigenvalue weighted by Gasteiger charge is 2.21. The summed E-state index contributed by atoms with van der Waals surface area (Å²) < 4.78 is 25.3. The summed E-state index contributed by atoms with van der Waals surface area (Å²) in [5.74, 6) is 0.676. The lowest BCUT2D eigenvalue weighted by molar-refractivity contribution is 0.151. The van der Waals surface area contributed by atoms with Gasteiger partial charge >= 0.3 is 0 Å². The Labute approximate surface area is 183 Å². The van der Waals surface area contributed by atoms with E-state index in [0.717, 1.165) is 54.7 Å². The minimum Gasteiger partial charge on any atom is -0.385 e. The Hall–Kier alpha value is -2.58. The lowest BCUT2D eigenvalue weighted by Crippen LogP contribution is -2.40. The van der Waals surface area contributed by atoms with E-state index in [1.807, 2.05) is 7.05 Å². The van der Waals surface area contributed by atoms with Gasteiger partial charge in [-0.25, -0.2) is 18.7 Å². The van der Waals surface area contributed by atoms with Gasteiger partial charge in [0.05, 0.1) is 12.2 Å². The number of hydrogen-bond acceptors (Lipinski definition) is 6. The summed E-state index contributed by atoms with van der Waals surface area (Å²) in [7, 11) is 1.82. The second-order valence-corrected chi connectivity index (χ2v) is 7.81. The average molecular weight is 431 g/mol. The van der Waals surface area contributed by atoms with E-state index in [4.69, 9.17) is 10.7 Å². The summed E-state index contributed by atoms with van der Waals surface area (Å²) in [5, 5.41) is 5.82. The number of rotatable bonds is 9. The van der Waals surface area contributed by atoms with Crippen LogP contribution in [0.5, 0.6) is 0 Å². The highest BCUT2D eigenvalue weighted by atomic mass is 19.3. The monoisotopic (exact) mass is 430 g/mol. The zero-order chi connectivity index (χ0) is 22.2. The van der Waals surface area contributed by atoms with Gasteiger partial charge in [-0.3, -0.25) is 0 Å². The maximum atomic E-state index is 12.6. The molecular weight excluding hydrogens is 398 g/mol. The van der Waals surface area contributed by atoms with Gasteiger partial charge < -0.3 is 21.3 Å². The van der Waals surface area contributed by atoms with Crippen molar-refractivity contribution in [3.8, 4) is 11.3 Å². The van der Waals surface area contributed by atoms with Crippen molar-refractivity contribution >= 4 is 11.5 Å². The number of aryl methyl sites for hydroxylation is 1. The highest BCUT2D eigenvalue weighted by Crippen LogP contribution is 2.29. The summed E-state index contributed by atoms with van der Waals surface area (Å²) in [6, 6.07) is 8.53. The van der Waals surface area contributed by atoms with Crippen molar-refractivity contribution in [1.82, 2.24) is 20.6 Å². The highest BCUT2D eigenvalue weighted by molar-refractivity contribution is 5.80. The molecule has 8 heteroatoms. The van der Waals surface area contributed by atoms with Crippen LogP contribution in [0.15, 0.2) is 36.7 Å². The molecule has 168 valence electrons. The second kappa shape index (κ2) is 11.2. The molecule has 1 fully saturated rings. The van der Waals surface area contributed by atoms with E-state index in [0.29, 0.717) is 12.5 Å². The van der Waals surface area contributed by atoms with Crippen molar-refractivity contribution in [2.45, 2.75) is 38.7 Å². The first-order valence-electron chi connectivity index (χ1n) is 10.8. The van der Waals surface area contributed by atoms with Gasteiger partial charge in [-0.1, -0.05) is 31.2 Å². The fourth-order valence-electron chi connectivity index (χ4n) is 3.66. The molecule has 0 radical (unpaired) electrons. The fourth-order valence-corrected chi connectivity index (χ4v) is 3.66. The molecule has 1 aliphatic heterocycles. The van der Waals surface area contributed by atoms with Crippen molar-refractivity contribution in [2.24, 2.45) is 5.73 Å². The van der Waals surface area contributed by atoms with E-state index in [1.165, 1.54) is 5.56 Å². The Morgan fingerprint density at radius 3 is 2.58 bits per heavy atom. The van der Waals surface area contributed by atoms with Crippen LogP contribution >= 0.6 is 0 Å². The standard InChI is InChI=1S/C23H32F2N6/c1-3-16-4-6-17(7-5-16)22-20(18(12-27-2)13-28-15-21(24)25)14-29-23(30-22)31-10-8-19(26)9-11-31/h4-7,13-14,19,21,27-28H,3,8-12,15,26H2,1-2H3/b18-13+. The number of nitrogens with one attached hydrogen (secondary N) is 2. The van der Waals surface area contributed by atoms with Crippen LogP contribution in [-0.2, 0) is 6.42 Å². The maximum absolute atomic E-state index is 12.6. The Morgan fingerprint density at radius 1 is 1.26 bits per heavy atom. The number of benzene rings is 1. The molecule has 0 amide bonds. The largest absolute Gasteiger partial charge is 0.385 e. The topological polar surface area (TPSA) is 79.1 Å². The smallest absolute Gasteiger partial charge is 0.255 e. The number of halogens is 2. The first kappa shape index (κ1) is 23.1. The van der Waals surface area contributed by atoms with E-state index in [-0.39, 0.29) is 6.04 Å². The van der Waals surface area contributed by atoms with Gasteiger partial charge in [-0.15, -0.1) is 0 Å². The van der Waals surface area contributed by atoms with E-state index in [1.54, 1.807) is 12.4 Å². The molecule has 1 aromatic carbocycles. The zero-order valence-electron chi connectivity index (χ0n) is 18.2. The second-order valence-electron chi connectivity index (χ2n) is 7.81. The predicted octanol–water partition coefficient (Wildman–Crippen LogP) is 3.05. The number of anilines is 1. The van der Waals surface area contributed by atoms with Gasteiger partial charge in [0.15, 0.2) is 0 Å². The van der Waals surface area contributed by atoms with Crippen LogP contribution in [-0.4, -0.2) is 55.7 Å². The van der Waals surface area contributed by atoms with Crippen molar-refractivity contribution in [1.29, 1.82) is 0 Å². The molecule has 1 aliphatic rings. The molecule has 0 unspecified atom stereocenters. The Balaban J connectivity index is 2.01. The molecule has 0 saturated carbocycles. The summed E-state index contributed by atoms with van der Waals surface area (Å²) in [6.07, 6.45) is 3.79. The minimum atomic E-state index is -2.42. The maximum Gasteiger partial charge on any atom is 0.255 e. The van der Waals surface area contributed by atoms with Crippen LogP contribution in [0.4, 0.5) is 14.7 Å². The van der Waals surface area contributed by atoms with E-state index in [2.05, 4.69) is 51.7 Å². The van der Waals surface area contributed by atoms with Crippen LogP contribution in [0.2, 0.25) is 0 Å². The lowest BCUT2D eigenvalue weighted by Gasteiger charge is -2.30. The molecule has 0 atom stereocenters. The average Bonchev–Trinajstić information content (AvgIpc) is 2.78. The number of hydrogen-bond donors (Lipinski definition) is 3. The molecule has 3 rings (SSSR count). The molecule has 1 saturated heterocycles. The summed E-state index contributed by atoms with van der Waals surface area (Å²) in [6.45, 7) is 3.86. The van der Waals surface area contributed by atoms with Crippen LogP contribution in [0, 0.1) is 0 Å². The molecule has 31 heavy (non-hydrogen) atoms.